The van der Waals surface area contributed by atoms with Crippen molar-refractivity contribution in [3.63, 3.8) is 0 Å². The number of benzene rings is 2. The van der Waals surface area contributed by atoms with Gasteiger partial charge in [-0.05, 0) is 43.0 Å². The number of halogens is 1. The third-order valence-electron chi connectivity index (χ3n) is 4.10. The Morgan fingerprint density at radius 3 is 2.48 bits per heavy atom. The number of aryl methyl sites for hydroxylation is 1. The molecule has 0 radical (unpaired) electrons. The van der Waals surface area contributed by atoms with E-state index < -0.39 is 0 Å². The Bertz CT molecular complexity index is 753. The standard InChI is InChI=1S/C22H30N4O2.HI/c1-3-24-21(27)17-28-20-13-7-11-19(15-20)16-26-22(23-2)25-14-8-12-18-9-5-4-6-10-18;/h4-7,9-11,13,15H,3,8,12,14,16-17H2,1-2H3,(H,24,27)(H2,23,25,26);1H. The van der Waals surface area contributed by atoms with Gasteiger partial charge in [0, 0.05) is 26.7 Å². The largest absolute Gasteiger partial charge is 0.484 e. The smallest absolute Gasteiger partial charge is 0.257 e. The number of guanidine groups is 1. The van der Waals surface area contributed by atoms with Crippen molar-refractivity contribution < 1.29 is 9.53 Å². The molecule has 0 heterocycles. The highest BCUT2D eigenvalue weighted by atomic mass is 127. The molecular weight excluding hydrogens is 479 g/mol. The van der Waals surface area contributed by atoms with Crippen LogP contribution < -0.4 is 20.7 Å². The number of rotatable bonds is 10. The fourth-order valence-corrected chi connectivity index (χ4v) is 2.69. The van der Waals surface area contributed by atoms with Crippen LogP contribution in [0.2, 0.25) is 0 Å². The summed E-state index contributed by atoms with van der Waals surface area (Å²) in [5.41, 5.74) is 2.40. The van der Waals surface area contributed by atoms with Crippen molar-refractivity contribution in [3.05, 3.63) is 65.7 Å². The number of amides is 1. The molecule has 0 bridgehead atoms. The maximum Gasteiger partial charge on any atom is 0.257 e. The van der Waals surface area contributed by atoms with E-state index in [2.05, 4.69) is 45.2 Å². The third-order valence-corrected chi connectivity index (χ3v) is 4.10. The van der Waals surface area contributed by atoms with E-state index in [1.807, 2.05) is 37.3 Å². The highest BCUT2D eigenvalue weighted by Gasteiger charge is 2.03. The SMILES string of the molecule is CCNC(=O)COc1cccc(CNC(=NC)NCCCc2ccccc2)c1.I. The zero-order valence-electron chi connectivity index (χ0n) is 17.1. The first kappa shape index (κ1) is 24.7. The summed E-state index contributed by atoms with van der Waals surface area (Å²) in [6.07, 6.45) is 2.07. The molecule has 0 atom stereocenters. The Kier molecular flexibility index (Phi) is 12.5. The average molecular weight is 510 g/mol. The second-order valence-corrected chi connectivity index (χ2v) is 6.33. The van der Waals surface area contributed by atoms with E-state index in [4.69, 9.17) is 4.74 Å². The van der Waals surface area contributed by atoms with Crippen molar-refractivity contribution in [2.75, 3.05) is 26.7 Å². The number of hydrogen-bond donors (Lipinski definition) is 3. The van der Waals surface area contributed by atoms with Crippen LogP contribution in [0.5, 0.6) is 5.75 Å². The van der Waals surface area contributed by atoms with Gasteiger partial charge in [0.1, 0.15) is 5.75 Å². The highest BCUT2D eigenvalue weighted by Crippen LogP contribution is 2.13. The molecule has 2 aromatic carbocycles. The molecule has 0 aliphatic rings. The van der Waals surface area contributed by atoms with Gasteiger partial charge in [0.05, 0.1) is 0 Å². The van der Waals surface area contributed by atoms with Gasteiger partial charge < -0.3 is 20.7 Å². The second kappa shape index (κ2) is 14.7. The molecule has 6 nitrogen and oxygen atoms in total. The van der Waals surface area contributed by atoms with Gasteiger partial charge in [-0.15, -0.1) is 24.0 Å². The highest BCUT2D eigenvalue weighted by molar-refractivity contribution is 14.0. The lowest BCUT2D eigenvalue weighted by Gasteiger charge is -2.13. The molecule has 0 aliphatic carbocycles. The summed E-state index contributed by atoms with van der Waals surface area (Å²) >= 11 is 0. The van der Waals surface area contributed by atoms with Crippen LogP contribution in [0.1, 0.15) is 24.5 Å². The third kappa shape index (κ3) is 10.2. The summed E-state index contributed by atoms with van der Waals surface area (Å²) in [6.45, 7) is 3.98. The molecule has 2 rings (SSSR count). The van der Waals surface area contributed by atoms with E-state index in [-0.39, 0.29) is 36.5 Å². The Balaban J connectivity index is 0.00000420. The molecule has 7 heteroatoms. The van der Waals surface area contributed by atoms with E-state index in [0.29, 0.717) is 18.8 Å². The molecule has 29 heavy (non-hydrogen) atoms. The van der Waals surface area contributed by atoms with Crippen molar-refractivity contribution in [3.8, 4) is 5.75 Å². The Labute approximate surface area is 190 Å². The molecule has 1 amide bonds. The van der Waals surface area contributed by atoms with Crippen LogP contribution in [0.25, 0.3) is 0 Å². The Morgan fingerprint density at radius 2 is 1.76 bits per heavy atom. The van der Waals surface area contributed by atoms with Crippen LogP contribution in [-0.2, 0) is 17.8 Å². The number of ether oxygens (including phenoxy) is 1. The molecular formula is C22H31IN4O2. The maximum absolute atomic E-state index is 11.5. The van der Waals surface area contributed by atoms with Crippen LogP contribution in [0, 0.1) is 0 Å². The van der Waals surface area contributed by atoms with E-state index in [9.17, 15) is 4.79 Å². The van der Waals surface area contributed by atoms with Crippen LogP contribution in [0.15, 0.2) is 59.6 Å². The fraction of sp³-hybridized carbons (Fsp3) is 0.364. The zero-order valence-corrected chi connectivity index (χ0v) is 19.4. The van der Waals surface area contributed by atoms with Gasteiger partial charge in [-0.25, -0.2) is 0 Å². The quantitative estimate of drug-likeness (QED) is 0.199. The maximum atomic E-state index is 11.5. The molecule has 2 aromatic rings. The summed E-state index contributed by atoms with van der Waals surface area (Å²) < 4.78 is 5.53. The van der Waals surface area contributed by atoms with Crippen molar-refractivity contribution >= 4 is 35.8 Å². The van der Waals surface area contributed by atoms with Crippen LogP contribution in [0.3, 0.4) is 0 Å². The second-order valence-electron chi connectivity index (χ2n) is 6.33. The molecule has 0 saturated heterocycles. The van der Waals surface area contributed by atoms with Gasteiger partial charge >= 0.3 is 0 Å². The molecule has 0 fully saturated rings. The van der Waals surface area contributed by atoms with Crippen molar-refractivity contribution in [1.82, 2.24) is 16.0 Å². The Morgan fingerprint density at radius 1 is 1.00 bits per heavy atom. The number of carbonyl (C=O) groups is 1. The average Bonchev–Trinajstić information content (AvgIpc) is 2.73. The lowest BCUT2D eigenvalue weighted by Crippen LogP contribution is -2.37. The molecule has 0 unspecified atom stereocenters. The number of likely N-dealkylation sites (N-methyl/N-ethyl adjacent to an activating group) is 1. The lowest BCUT2D eigenvalue weighted by atomic mass is 10.1. The lowest BCUT2D eigenvalue weighted by molar-refractivity contribution is -0.122. The number of nitrogens with zero attached hydrogens (tertiary/aromatic N) is 1. The summed E-state index contributed by atoms with van der Waals surface area (Å²) in [4.78, 5) is 15.8. The van der Waals surface area contributed by atoms with Crippen LogP contribution in [0.4, 0.5) is 0 Å². The van der Waals surface area contributed by atoms with Crippen molar-refractivity contribution in [2.45, 2.75) is 26.3 Å². The van der Waals surface area contributed by atoms with Gasteiger partial charge in [0.2, 0.25) is 0 Å². The van der Waals surface area contributed by atoms with E-state index in [1.165, 1.54) is 5.56 Å². The topological polar surface area (TPSA) is 74.8 Å². The summed E-state index contributed by atoms with van der Waals surface area (Å²) in [5.74, 6) is 1.32. The number of hydrogen-bond acceptors (Lipinski definition) is 3. The number of aliphatic imine (C=N–C) groups is 1. The van der Waals surface area contributed by atoms with Crippen LogP contribution in [-0.4, -0.2) is 38.6 Å². The minimum atomic E-state index is -0.119. The van der Waals surface area contributed by atoms with Crippen molar-refractivity contribution in [2.24, 2.45) is 4.99 Å². The minimum Gasteiger partial charge on any atom is -0.484 e. The van der Waals surface area contributed by atoms with Gasteiger partial charge in [-0.1, -0.05) is 42.5 Å². The van der Waals surface area contributed by atoms with E-state index >= 15 is 0 Å². The first-order valence-corrected chi connectivity index (χ1v) is 9.68. The zero-order chi connectivity index (χ0) is 20.0. The predicted octanol–water partition coefficient (Wildman–Crippen LogP) is 3.12. The molecule has 158 valence electrons. The predicted molar refractivity (Wildman–Crippen MR) is 129 cm³/mol. The van der Waals surface area contributed by atoms with Gasteiger partial charge in [-0.2, -0.15) is 0 Å². The van der Waals surface area contributed by atoms with Crippen LogP contribution >= 0.6 is 24.0 Å². The normalized spacial score (nSPS) is 10.6. The molecule has 0 spiro atoms. The van der Waals surface area contributed by atoms with Crippen molar-refractivity contribution in [1.29, 1.82) is 0 Å². The number of nitrogens with one attached hydrogen (secondary N) is 3. The van der Waals surface area contributed by atoms with Gasteiger partial charge in [0.25, 0.3) is 5.91 Å². The first-order chi connectivity index (χ1) is 13.7. The monoisotopic (exact) mass is 510 g/mol. The van der Waals surface area contributed by atoms with Gasteiger partial charge in [0.15, 0.2) is 12.6 Å². The molecule has 0 saturated carbocycles. The summed E-state index contributed by atoms with van der Waals surface area (Å²) in [6, 6.07) is 18.2. The summed E-state index contributed by atoms with van der Waals surface area (Å²) in [7, 11) is 1.76. The minimum absolute atomic E-state index is 0. The Hall–Kier alpha value is -2.29. The van der Waals surface area contributed by atoms with E-state index in [0.717, 1.165) is 30.9 Å². The fourth-order valence-electron chi connectivity index (χ4n) is 2.69. The first-order valence-electron chi connectivity index (χ1n) is 9.68. The van der Waals surface area contributed by atoms with E-state index in [1.54, 1.807) is 7.05 Å². The number of carbonyl (C=O) groups excluding carboxylic acids is 1. The molecule has 0 aliphatic heterocycles. The molecule has 0 aromatic heterocycles. The van der Waals surface area contributed by atoms with Gasteiger partial charge in [-0.3, -0.25) is 9.79 Å². The summed E-state index contributed by atoms with van der Waals surface area (Å²) in [5, 5.41) is 9.35. The molecule has 3 N–H and O–H groups in total.